The highest BCUT2D eigenvalue weighted by Gasteiger charge is 2.30. The third kappa shape index (κ3) is 8.77. The summed E-state index contributed by atoms with van der Waals surface area (Å²) in [6.45, 7) is 5.78. The first-order valence-electron chi connectivity index (χ1n) is 14.4. The molecule has 2 bridgehead atoms. The molecule has 0 aliphatic carbocycles. The van der Waals surface area contributed by atoms with Crippen molar-refractivity contribution < 1.29 is 28.7 Å². The number of carbonyl (C=O) groups is 4. The van der Waals surface area contributed by atoms with Gasteiger partial charge in [-0.25, -0.2) is 4.98 Å². The zero-order valence-corrected chi connectivity index (χ0v) is 25.1. The maximum absolute atomic E-state index is 13.6. The Labute approximate surface area is 251 Å². The Bertz CT molecular complexity index is 1440. The van der Waals surface area contributed by atoms with E-state index in [1.54, 1.807) is 24.3 Å². The highest BCUT2D eigenvalue weighted by atomic mass is 16.5. The number of carbonyl (C=O) groups excluding carboxylic acids is 4. The summed E-state index contributed by atoms with van der Waals surface area (Å²) >= 11 is 0. The van der Waals surface area contributed by atoms with E-state index in [1.807, 2.05) is 49.7 Å². The first-order chi connectivity index (χ1) is 20.6. The van der Waals surface area contributed by atoms with Gasteiger partial charge in [0, 0.05) is 32.5 Å². The van der Waals surface area contributed by atoms with Crippen molar-refractivity contribution >= 4 is 29.3 Å². The van der Waals surface area contributed by atoms with Crippen LogP contribution in [0, 0.1) is 12.8 Å². The Hall–Kier alpha value is -4.45. The molecule has 4 heterocycles. The second-order valence-electron chi connectivity index (χ2n) is 11.1. The lowest BCUT2D eigenvalue weighted by atomic mass is 10.0. The number of fused-ring (bicyclic) bond motifs is 14. The number of aryl methyl sites for hydroxylation is 1. The summed E-state index contributed by atoms with van der Waals surface area (Å²) in [7, 11) is 1.50. The molecule has 230 valence electrons. The number of benzene rings is 1. The monoisotopic (exact) mass is 592 g/mol. The lowest BCUT2D eigenvalue weighted by Gasteiger charge is -2.29. The van der Waals surface area contributed by atoms with Crippen LogP contribution in [0.3, 0.4) is 0 Å². The smallest absolute Gasteiger partial charge is 0.258 e. The van der Waals surface area contributed by atoms with Gasteiger partial charge in [0.15, 0.2) is 6.61 Å². The number of pyridine rings is 1. The van der Waals surface area contributed by atoms with E-state index >= 15 is 0 Å². The molecular weight excluding hydrogens is 552 g/mol. The predicted octanol–water partition coefficient (Wildman–Crippen LogP) is 1.38. The van der Waals surface area contributed by atoms with Gasteiger partial charge < -0.3 is 34.7 Å². The van der Waals surface area contributed by atoms with Gasteiger partial charge in [-0.2, -0.15) is 0 Å². The fourth-order valence-electron chi connectivity index (χ4n) is 4.94. The van der Waals surface area contributed by atoms with E-state index in [2.05, 4.69) is 20.9 Å². The largest absolute Gasteiger partial charge is 0.484 e. The van der Waals surface area contributed by atoms with Gasteiger partial charge in [-0.15, -0.1) is 0 Å². The molecule has 0 spiro atoms. The first-order valence-corrected chi connectivity index (χ1v) is 14.4. The number of amides is 4. The molecule has 2 aliphatic heterocycles. The summed E-state index contributed by atoms with van der Waals surface area (Å²) in [4.78, 5) is 59.0. The molecular formula is C31H40N6O6. The van der Waals surface area contributed by atoms with Gasteiger partial charge in [-0.3, -0.25) is 19.2 Å². The molecule has 0 saturated carbocycles. The number of nitrogens with zero attached hydrogens (tertiary/aromatic N) is 3. The molecule has 0 fully saturated rings. The van der Waals surface area contributed by atoms with Gasteiger partial charge in [-0.1, -0.05) is 32.0 Å². The molecule has 2 atom stereocenters. The molecule has 0 unspecified atom stereocenters. The van der Waals surface area contributed by atoms with Gasteiger partial charge in [0.1, 0.15) is 23.5 Å². The van der Waals surface area contributed by atoms with E-state index in [0.29, 0.717) is 17.9 Å². The van der Waals surface area contributed by atoms with Gasteiger partial charge in [0.2, 0.25) is 17.7 Å². The van der Waals surface area contributed by atoms with E-state index < -0.39 is 29.8 Å². The first kappa shape index (κ1) is 31.5. The van der Waals surface area contributed by atoms with Crippen molar-refractivity contribution in [2.45, 2.75) is 52.2 Å². The van der Waals surface area contributed by atoms with E-state index in [-0.39, 0.29) is 51.1 Å². The fourth-order valence-corrected chi connectivity index (χ4v) is 4.94. The third-order valence-corrected chi connectivity index (χ3v) is 7.11. The Kier molecular flexibility index (Phi) is 10.7. The van der Waals surface area contributed by atoms with E-state index in [9.17, 15) is 19.2 Å². The molecule has 0 saturated heterocycles. The van der Waals surface area contributed by atoms with Crippen molar-refractivity contribution in [1.82, 2.24) is 30.2 Å². The molecule has 3 N–H and O–H groups in total. The molecule has 2 aliphatic rings. The number of methoxy groups -OCH3 is 1. The lowest BCUT2D eigenvalue weighted by molar-refractivity contribution is -0.141. The van der Waals surface area contributed by atoms with Crippen LogP contribution in [0.4, 0.5) is 0 Å². The molecule has 43 heavy (non-hydrogen) atoms. The lowest BCUT2D eigenvalue weighted by Crippen LogP contribution is -2.55. The number of rotatable bonds is 8. The number of hydrogen-bond donors (Lipinski definition) is 3. The van der Waals surface area contributed by atoms with Crippen molar-refractivity contribution in [3.05, 3.63) is 65.6 Å². The second kappa shape index (κ2) is 14.6. The number of aromatic nitrogens is 2. The minimum Gasteiger partial charge on any atom is -0.484 e. The van der Waals surface area contributed by atoms with Crippen LogP contribution in [-0.2, 0) is 36.9 Å². The number of hydrogen-bond acceptors (Lipinski definition) is 7. The summed E-state index contributed by atoms with van der Waals surface area (Å²) in [6, 6.07) is 9.09. The van der Waals surface area contributed by atoms with Crippen LogP contribution in [0.1, 0.15) is 37.1 Å². The molecule has 3 aromatic rings. The third-order valence-electron chi connectivity index (χ3n) is 7.11. The van der Waals surface area contributed by atoms with Crippen molar-refractivity contribution in [3.63, 3.8) is 0 Å². The summed E-state index contributed by atoms with van der Waals surface area (Å²) in [6.07, 6.45) is 4.32. The normalized spacial score (nSPS) is 18.4. The Morgan fingerprint density at radius 2 is 1.91 bits per heavy atom. The van der Waals surface area contributed by atoms with Crippen molar-refractivity contribution in [2.75, 3.05) is 33.4 Å². The van der Waals surface area contributed by atoms with Crippen molar-refractivity contribution in [3.8, 4) is 5.75 Å². The van der Waals surface area contributed by atoms with Crippen molar-refractivity contribution in [2.24, 2.45) is 5.92 Å². The van der Waals surface area contributed by atoms with Crippen molar-refractivity contribution in [1.29, 1.82) is 0 Å². The van der Waals surface area contributed by atoms with Gasteiger partial charge in [-0.05, 0) is 48.6 Å². The molecule has 12 heteroatoms. The number of ether oxygens (including phenoxy) is 2. The average molecular weight is 593 g/mol. The van der Waals surface area contributed by atoms with Crippen LogP contribution in [0.2, 0.25) is 0 Å². The molecule has 4 amide bonds. The topological polar surface area (TPSA) is 143 Å². The van der Waals surface area contributed by atoms with Crippen LogP contribution in [0.25, 0.3) is 5.65 Å². The highest BCUT2D eigenvalue weighted by Crippen LogP contribution is 2.15. The number of imidazole rings is 1. The number of nitrogens with one attached hydrogen (secondary N) is 3. The minimum atomic E-state index is -0.920. The van der Waals surface area contributed by atoms with Gasteiger partial charge in [0.25, 0.3) is 5.91 Å². The summed E-state index contributed by atoms with van der Waals surface area (Å²) < 4.78 is 12.7. The molecule has 2 aromatic heterocycles. The van der Waals surface area contributed by atoms with Crippen LogP contribution < -0.4 is 20.7 Å². The van der Waals surface area contributed by atoms with E-state index in [0.717, 1.165) is 16.8 Å². The Morgan fingerprint density at radius 1 is 1.14 bits per heavy atom. The predicted molar refractivity (Wildman–Crippen MR) is 159 cm³/mol. The van der Waals surface area contributed by atoms with Crippen LogP contribution in [0.15, 0.2) is 48.8 Å². The maximum Gasteiger partial charge on any atom is 0.258 e. The SMILES string of the molecule is COCCN1CC(=O)N[C@H](C(=O)NCc2cn3cccc(C)c3n2)Cc2ccc(cc2)OCC(=O)N[C@@H](CC(C)C)C1=O. The van der Waals surface area contributed by atoms with E-state index in [4.69, 9.17) is 9.47 Å². The molecule has 1 aromatic carbocycles. The fraction of sp³-hybridized carbons (Fsp3) is 0.452. The van der Waals surface area contributed by atoms with Crippen LogP contribution in [-0.4, -0.2) is 83.4 Å². The summed E-state index contributed by atoms with van der Waals surface area (Å²) in [5, 5.41) is 8.48. The standard InChI is InChI=1S/C31H40N6O6/c1-20(2)14-26-31(41)37(12-13-42-4)18-27(38)34-25(15-22-7-9-24(10-8-22)43-19-28(39)35-26)30(40)32-16-23-17-36-11-5-6-21(3)29(36)33-23/h5-11,17,20,25-26H,12-16,18-19H2,1-4H3,(H,32,40)(H,34,38)(H,35,39)/t25-,26-/m0/s1. The zero-order chi connectivity index (χ0) is 30.9. The Morgan fingerprint density at radius 3 is 2.60 bits per heavy atom. The van der Waals surface area contributed by atoms with Gasteiger partial charge >= 0.3 is 0 Å². The molecule has 12 nitrogen and oxygen atoms in total. The quantitative estimate of drug-likeness (QED) is 0.336. The summed E-state index contributed by atoms with van der Waals surface area (Å²) in [5.41, 5.74) is 3.27. The zero-order valence-electron chi connectivity index (χ0n) is 25.1. The molecule has 5 rings (SSSR count). The van der Waals surface area contributed by atoms with Crippen LogP contribution >= 0.6 is 0 Å². The maximum atomic E-state index is 13.6. The van der Waals surface area contributed by atoms with Gasteiger partial charge in [0.05, 0.1) is 25.4 Å². The molecule has 0 radical (unpaired) electrons. The van der Waals surface area contributed by atoms with E-state index in [1.165, 1.54) is 12.0 Å². The second-order valence-corrected chi connectivity index (χ2v) is 11.1. The minimum absolute atomic E-state index is 0.0938. The highest BCUT2D eigenvalue weighted by molar-refractivity contribution is 5.93. The summed E-state index contributed by atoms with van der Waals surface area (Å²) in [5.74, 6) is -1.18. The van der Waals surface area contributed by atoms with Crippen LogP contribution in [0.5, 0.6) is 5.75 Å². The average Bonchev–Trinajstić information content (AvgIpc) is 3.40. The Balaban J connectivity index is 1.57.